The van der Waals surface area contributed by atoms with Crippen molar-refractivity contribution in [3.63, 3.8) is 0 Å². The molecule has 2 aliphatic rings. The van der Waals surface area contributed by atoms with Crippen LogP contribution in [-0.4, -0.2) is 16.7 Å². The van der Waals surface area contributed by atoms with Crippen LogP contribution in [0.4, 0.5) is 10.1 Å². The van der Waals surface area contributed by atoms with E-state index in [1.165, 1.54) is 12.1 Å². The van der Waals surface area contributed by atoms with Crippen molar-refractivity contribution in [2.45, 2.75) is 32.1 Å². The lowest BCUT2D eigenvalue weighted by atomic mass is 9.75. The number of nitrogens with one attached hydrogen (secondary N) is 2. The molecule has 0 fully saturated rings. The second-order valence-electron chi connectivity index (χ2n) is 7.01. The molecule has 0 saturated heterocycles. The SMILES string of the molecule is CC1=C(C(=O)Nc2cccnc2)C(c2ccc(F)cc2)C2=C(CCCC2=O)N1. The van der Waals surface area contributed by atoms with Gasteiger partial charge >= 0.3 is 0 Å². The van der Waals surface area contributed by atoms with Gasteiger partial charge in [-0.15, -0.1) is 0 Å². The highest BCUT2D eigenvalue weighted by atomic mass is 19.1. The normalized spacial score (nSPS) is 19.2. The summed E-state index contributed by atoms with van der Waals surface area (Å²) in [5.74, 6) is -1.16. The summed E-state index contributed by atoms with van der Waals surface area (Å²) in [6.45, 7) is 1.83. The number of amides is 1. The van der Waals surface area contributed by atoms with E-state index in [2.05, 4.69) is 15.6 Å². The van der Waals surface area contributed by atoms with Crippen molar-refractivity contribution in [2.75, 3.05) is 5.32 Å². The van der Waals surface area contributed by atoms with E-state index in [0.29, 0.717) is 29.0 Å². The molecule has 2 heterocycles. The number of carbonyl (C=O) groups excluding carboxylic acids is 2. The molecule has 1 aliphatic heterocycles. The van der Waals surface area contributed by atoms with Crippen LogP contribution in [0.1, 0.15) is 37.7 Å². The maximum absolute atomic E-state index is 13.5. The Morgan fingerprint density at radius 1 is 1.21 bits per heavy atom. The fourth-order valence-corrected chi connectivity index (χ4v) is 3.91. The Hall–Kier alpha value is -3.28. The third-order valence-corrected chi connectivity index (χ3v) is 5.14. The average molecular weight is 377 g/mol. The summed E-state index contributed by atoms with van der Waals surface area (Å²) in [5.41, 5.74) is 3.93. The minimum absolute atomic E-state index is 0.0299. The van der Waals surface area contributed by atoms with Gasteiger partial charge in [0, 0.05) is 41.1 Å². The number of allylic oxidation sites excluding steroid dienone is 3. The lowest BCUT2D eigenvalue weighted by molar-refractivity contribution is -0.116. The van der Waals surface area contributed by atoms with Crippen molar-refractivity contribution in [2.24, 2.45) is 0 Å². The Balaban J connectivity index is 1.79. The van der Waals surface area contributed by atoms with E-state index < -0.39 is 5.92 Å². The Morgan fingerprint density at radius 3 is 2.71 bits per heavy atom. The number of anilines is 1. The van der Waals surface area contributed by atoms with Gasteiger partial charge in [0.25, 0.3) is 5.91 Å². The highest BCUT2D eigenvalue weighted by Crippen LogP contribution is 2.42. The molecule has 0 spiro atoms. The molecule has 28 heavy (non-hydrogen) atoms. The largest absolute Gasteiger partial charge is 0.362 e. The van der Waals surface area contributed by atoms with Crippen molar-refractivity contribution in [1.82, 2.24) is 10.3 Å². The molecule has 1 atom stereocenters. The van der Waals surface area contributed by atoms with Crippen molar-refractivity contribution >= 4 is 17.4 Å². The molecule has 142 valence electrons. The molecule has 2 aromatic rings. The number of carbonyl (C=O) groups is 2. The molecule has 1 aliphatic carbocycles. The van der Waals surface area contributed by atoms with Gasteiger partial charge in [0.1, 0.15) is 5.82 Å². The highest BCUT2D eigenvalue weighted by Gasteiger charge is 2.38. The van der Waals surface area contributed by atoms with Gasteiger partial charge in [-0.05, 0) is 49.6 Å². The van der Waals surface area contributed by atoms with Gasteiger partial charge in [-0.1, -0.05) is 12.1 Å². The number of Topliss-reactive ketones (excluding diaryl/α,β-unsaturated/α-hetero) is 1. The van der Waals surface area contributed by atoms with E-state index in [-0.39, 0.29) is 17.5 Å². The van der Waals surface area contributed by atoms with Crippen molar-refractivity contribution in [1.29, 1.82) is 0 Å². The number of rotatable bonds is 3. The number of halogens is 1. The first-order valence-electron chi connectivity index (χ1n) is 9.25. The third kappa shape index (κ3) is 3.33. The second-order valence-corrected chi connectivity index (χ2v) is 7.01. The molecule has 1 amide bonds. The number of hydrogen-bond acceptors (Lipinski definition) is 4. The van der Waals surface area contributed by atoms with Gasteiger partial charge in [0.15, 0.2) is 5.78 Å². The molecule has 2 N–H and O–H groups in total. The van der Waals surface area contributed by atoms with Gasteiger partial charge in [-0.3, -0.25) is 14.6 Å². The average Bonchev–Trinajstić information content (AvgIpc) is 2.68. The first-order valence-corrected chi connectivity index (χ1v) is 9.25. The topological polar surface area (TPSA) is 71.1 Å². The Morgan fingerprint density at radius 2 is 2.00 bits per heavy atom. The molecular weight excluding hydrogens is 357 g/mol. The molecule has 1 aromatic carbocycles. The summed E-state index contributed by atoms with van der Waals surface area (Å²) in [6.07, 6.45) is 5.18. The van der Waals surface area contributed by atoms with E-state index >= 15 is 0 Å². The maximum Gasteiger partial charge on any atom is 0.254 e. The molecule has 0 saturated carbocycles. The summed E-state index contributed by atoms with van der Waals surface area (Å²) in [5, 5.41) is 6.12. The lowest BCUT2D eigenvalue weighted by Gasteiger charge is -2.34. The Labute approximate surface area is 162 Å². The van der Waals surface area contributed by atoms with Gasteiger partial charge in [0.05, 0.1) is 11.9 Å². The van der Waals surface area contributed by atoms with E-state index in [1.807, 2.05) is 6.92 Å². The Kier molecular flexibility index (Phi) is 4.77. The monoisotopic (exact) mass is 377 g/mol. The molecular formula is C22H20FN3O2. The first kappa shape index (κ1) is 18.1. The second kappa shape index (κ2) is 7.38. The number of pyridine rings is 1. The van der Waals surface area contributed by atoms with Crippen LogP contribution in [0.15, 0.2) is 71.3 Å². The number of hydrogen-bond donors (Lipinski definition) is 2. The minimum Gasteiger partial charge on any atom is -0.362 e. The van der Waals surface area contributed by atoms with Crippen molar-refractivity contribution in [3.05, 3.63) is 82.7 Å². The van der Waals surface area contributed by atoms with Gasteiger partial charge in [-0.2, -0.15) is 0 Å². The zero-order valence-electron chi connectivity index (χ0n) is 15.5. The van der Waals surface area contributed by atoms with E-state index in [1.54, 1.807) is 36.7 Å². The van der Waals surface area contributed by atoms with Crippen LogP contribution in [0.3, 0.4) is 0 Å². The zero-order valence-corrected chi connectivity index (χ0v) is 15.5. The summed E-state index contributed by atoms with van der Waals surface area (Å²) in [4.78, 5) is 30.0. The van der Waals surface area contributed by atoms with Crippen molar-refractivity contribution in [3.8, 4) is 0 Å². The molecule has 0 bridgehead atoms. The molecule has 5 nitrogen and oxygen atoms in total. The van der Waals surface area contributed by atoms with E-state index in [0.717, 1.165) is 24.1 Å². The smallest absolute Gasteiger partial charge is 0.254 e. The number of aromatic nitrogens is 1. The first-order chi connectivity index (χ1) is 13.5. The predicted molar refractivity (Wildman–Crippen MR) is 104 cm³/mol. The van der Waals surface area contributed by atoms with Crippen molar-refractivity contribution < 1.29 is 14.0 Å². The quantitative estimate of drug-likeness (QED) is 0.853. The number of dihydropyridines is 1. The summed E-state index contributed by atoms with van der Waals surface area (Å²) < 4.78 is 13.5. The Bertz CT molecular complexity index is 994. The third-order valence-electron chi connectivity index (χ3n) is 5.14. The predicted octanol–water partition coefficient (Wildman–Crippen LogP) is 3.83. The van der Waals surface area contributed by atoms with Gasteiger partial charge in [-0.25, -0.2) is 4.39 Å². The molecule has 6 heteroatoms. The standard InChI is InChI=1S/C22H20FN3O2/c1-13-19(22(28)26-16-4-3-11-24-12-16)20(14-7-9-15(23)10-8-14)21-17(25-13)5-2-6-18(21)27/h3-4,7-12,20,25H,2,5-6H2,1H3,(H,26,28). The van der Waals surface area contributed by atoms with Crippen LogP contribution >= 0.6 is 0 Å². The minimum atomic E-state index is -0.527. The zero-order chi connectivity index (χ0) is 19.7. The lowest BCUT2D eigenvalue weighted by Crippen LogP contribution is -2.35. The van der Waals surface area contributed by atoms with Gasteiger partial charge in [0.2, 0.25) is 0 Å². The number of nitrogens with zero attached hydrogens (tertiary/aromatic N) is 1. The number of benzene rings is 1. The summed E-state index contributed by atoms with van der Waals surface area (Å²) in [6, 6.07) is 9.48. The molecule has 0 radical (unpaired) electrons. The number of ketones is 1. The highest BCUT2D eigenvalue weighted by molar-refractivity contribution is 6.09. The summed E-state index contributed by atoms with van der Waals surface area (Å²) >= 11 is 0. The van der Waals surface area contributed by atoms with Crippen LogP contribution in [0.5, 0.6) is 0 Å². The van der Waals surface area contributed by atoms with Crippen LogP contribution in [0, 0.1) is 5.82 Å². The summed E-state index contributed by atoms with van der Waals surface area (Å²) in [7, 11) is 0. The van der Waals surface area contributed by atoms with Crippen LogP contribution in [0.2, 0.25) is 0 Å². The fourth-order valence-electron chi connectivity index (χ4n) is 3.91. The van der Waals surface area contributed by atoms with Gasteiger partial charge < -0.3 is 10.6 Å². The van der Waals surface area contributed by atoms with Crippen LogP contribution in [0.25, 0.3) is 0 Å². The molecule has 4 rings (SSSR count). The fraction of sp³-hybridized carbons (Fsp3) is 0.227. The van der Waals surface area contributed by atoms with Crippen LogP contribution < -0.4 is 10.6 Å². The van der Waals surface area contributed by atoms with E-state index in [4.69, 9.17) is 0 Å². The molecule has 1 aromatic heterocycles. The van der Waals surface area contributed by atoms with E-state index in [9.17, 15) is 14.0 Å². The molecule has 1 unspecified atom stereocenters. The maximum atomic E-state index is 13.5. The van der Waals surface area contributed by atoms with Crippen LogP contribution in [-0.2, 0) is 9.59 Å².